The van der Waals surface area contributed by atoms with Crippen LogP contribution in [0.25, 0.3) is 16.8 Å². The van der Waals surface area contributed by atoms with Crippen molar-refractivity contribution in [3.63, 3.8) is 0 Å². The van der Waals surface area contributed by atoms with E-state index in [1.54, 1.807) is 11.3 Å². The second-order valence-corrected chi connectivity index (χ2v) is 6.65. The lowest BCUT2D eigenvalue weighted by Gasteiger charge is -2.06. The van der Waals surface area contributed by atoms with Gasteiger partial charge < -0.3 is 0 Å². The second kappa shape index (κ2) is 6.87. The zero-order chi connectivity index (χ0) is 17.1. The van der Waals surface area contributed by atoms with Crippen LogP contribution in [-0.4, -0.2) is 16.0 Å². The monoisotopic (exact) mass is 343 g/mol. The SMILES string of the molecule is Cc1nn(-c2ccccc2)c(/N=C/c2cccs2)c1-c1ccccc1. The van der Waals surface area contributed by atoms with E-state index in [-0.39, 0.29) is 0 Å². The lowest BCUT2D eigenvalue weighted by molar-refractivity contribution is 0.863. The van der Waals surface area contributed by atoms with Gasteiger partial charge in [0.1, 0.15) is 0 Å². The number of thiophene rings is 1. The van der Waals surface area contributed by atoms with Crippen molar-refractivity contribution in [3.8, 4) is 16.8 Å². The number of benzene rings is 2. The van der Waals surface area contributed by atoms with Gasteiger partial charge in [-0.25, -0.2) is 9.67 Å². The summed E-state index contributed by atoms with van der Waals surface area (Å²) in [5.41, 5.74) is 4.16. The molecule has 2 aromatic heterocycles. The molecular formula is C21H17N3S. The quantitative estimate of drug-likeness (QED) is 0.440. The van der Waals surface area contributed by atoms with Crippen molar-refractivity contribution in [3.05, 3.63) is 88.7 Å². The molecule has 0 aliphatic heterocycles. The number of aliphatic imine (C=N–C) groups is 1. The van der Waals surface area contributed by atoms with Crippen molar-refractivity contribution in [1.29, 1.82) is 0 Å². The van der Waals surface area contributed by atoms with E-state index >= 15 is 0 Å². The lowest BCUT2D eigenvalue weighted by Crippen LogP contribution is -1.95. The van der Waals surface area contributed by atoms with Crippen LogP contribution in [-0.2, 0) is 0 Å². The molecule has 122 valence electrons. The number of nitrogens with zero attached hydrogens (tertiary/aromatic N) is 3. The molecule has 4 aromatic rings. The highest BCUT2D eigenvalue weighted by Crippen LogP contribution is 2.35. The Kier molecular flexibility index (Phi) is 4.27. The highest BCUT2D eigenvalue weighted by molar-refractivity contribution is 7.11. The van der Waals surface area contributed by atoms with Gasteiger partial charge in [-0.1, -0.05) is 54.6 Å². The Hall–Kier alpha value is -2.98. The van der Waals surface area contributed by atoms with Gasteiger partial charge in [0.05, 0.1) is 11.4 Å². The molecule has 0 saturated carbocycles. The molecule has 0 amide bonds. The van der Waals surface area contributed by atoms with Gasteiger partial charge in [-0.15, -0.1) is 11.3 Å². The Morgan fingerprint density at radius 1 is 0.920 bits per heavy atom. The second-order valence-electron chi connectivity index (χ2n) is 5.67. The van der Waals surface area contributed by atoms with Gasteiger partial charge >= 0.3 is 0 Å². The van der Waals surface area contributed by atoms with Gasteiger partial charge in [-0.3, -0.25) is 0 Å². The zero-order valence-corrected chi connectivity index (χ0v) is 14.6. The smallest absolute Gasteiger partial charge is 0.163 e. The molecule has 4 rings (SSSR count). The summed E-state index contributed by atoms with van der Waals surface area (Å²) in [5.74, 6) is 0.850. The molecule has 0 radical (unpaired) electrons. The minimum atomic E-state index is 0.850. The van der Waals surface area contributed by atoms with E-state index in [9.17, 15) is 0 Å². The van der Waals surface area contributed by atoms with Crippen LogP contribution in [0.4, 0.5) is 5.82 Å². The standard InChI is InChI=1S/C21H17N3S/c1-16-20(17-9-4-2-5-10-17)21(22-15-19-13-8-14-25-19)24(23-16)18-11-6-3-7-12-18/h2-15H,1H3/b22-15+. The van der Waals surface area contributed by atoms with Crippen LogP contribution in [0.1, 0.15) is 10.6 Å². The van der Waals surface area contributed by atoms with E-state index in [4.69, 9.17) is 10.1 Å². The number of aromatic nitrogens is 2. The minimum Gasteiger partial charge on any atom is -0.235 e. The Bertz CT molecular complexity index is 985. The summed E-state index contributed by atoms with van der Waals surface area (Å²) < 4.78 is 1.92. The molecule has 25 heavy (non-hydrogen) atoms. The van der Waals surface area contributed by atoms with E-state index in [1.165, 1.54) is 0 Å². The van der Waals surface area contributed by atoms with Crippen molar-refractivity contribution in [2.75, 3.05) is 0 Å². The maximum atomic E-state index is 4.81. The molecule has 0 fully saturated rings. The van der Waals surface area contributed by atoms with Gasteiger partial charge in [0, 0.05) is 16.7 Å². The van der Waals surface area contributed by atoms with Gasteiger partial charge in [0.25, 0.3) is 0 Å². The maximum Gasteiger partial charge on any atom is 0.163 e. The number of rotatable bonds is 4. The van der Waals surface area contributed by atoms with Gasteiger partial charge in [0.15, 0.2) is 5.82 Å². The predicted molar refractivity (Wildman–Crippen MR) is 105 cm³/mol. The molecule has 2 aromatic carbocycles. The zero-order valence-electron chi connectivity index (χ0n) is 13.8. The molecular weight excluding hydrogens is 326 g/mol. The van der Waals surface area contributed by atoms with E-state index in [1.807, 2.05) is 72.4 Å². The van der Waals surface area contributed by atoms with E-state index in [2.05, 4.69) is 23.6 Å². The fraction of sp³-hybridized carbons (Fsp3) is 0.0476. The van der Waals surface area contributed by atoms with Gasteiger partial charge in [-0.2, -0.15) is 5.10 Å². The Morgan fingerprint density at radius 2 is 1.64 bits per heavy atom. The van der Waals surface area contributed by atoms with Crippen LogP contribution >= 0.6 is 11.3 Å². The molecule has 0 saturated heterocycles. The largest absolute Gasteiger partial charge is 0.235 e. The molecule has 0 N–H and O–H groups in total. The predicted octanol–water partition coefficient (Wildman–Crippen LogP) is 5.66. The topological polar surface area (TPSA) is 30.2 Å². The van der Waals surface area contributed by atoms with Crippen LogP contribution in [0.3, 0.4) is 0 Å². The average molecular weight is 343 g/mol. The fourth-order valence-electron chi connectivity index (χ4n) is 2.82. The first-order chi connectivity index (χ1) is 12.3. The van der Waals surface area contributed by atoms with Crippen molar-refractivity contribution in [1.82, 2.24) is 9.78 Å². The first-order valence-corrected chi connectivity index (χ1v) is 8.99. The van der Waals surface area contributed by atoms with Crippen molar-refractivity contribution < 1.29 is 0 Å². The summed E-state index contributed by atoms with van der Waals surface area (Å²) >= 11 is 1.67. The molecule has 0 aliphatic rings. The molecule has 3 nitrogen and oxygen atoms in total. The molecule has 4 heteroatoms. The number of hydrogen-bond donors (Lipinski definition) is 0. The van der Waals surface area contributed by atoms with Crippen molar-refractivity contribution in [2.45, 2.75) is 6.92 Å². The first-order valence-electron chi connectivity index (χ1n) is 8.11. The van der Waals surface area contributed by atoms with Crippen LogP contribution in [0, 0.1) is 6.92 Å². The molecule has 0 spiro atoms. The molecule has 0 aliphatic carbocycles. The normalized spacial score (nSPS) is 11.2. The van der Waals surface area contributed by atoms with E-state index in [0.29, 0.717) is 0 Å². The Morgan fingerprint density at radius 3 is 2.32 bits per heavy atom. The summed E-state index contributed by atoms with van der Waals surface area (Å²) in [6.07, 6.45) is 1.91. The van der Waals surface area contributed by atoms with Gasteiger partial charge in [-0.05, 0) is 36.1 Å². The van der Waals surface area contributed by atoms with Gasteiger partial charge in [0.2, 0.25) is 0 Å². The minimum absolute atomic E-state index is 0.850. The summed E-state index contributed by atoms with van der Waals surface area (Å²) in [6, 6.07) is 24.5. The molecule has 0 bridgehead atoms. The van der Waals surface area contributed by atoms with Crippen molar-refractivity contribution in [2.24, 2.45) is 4.99 Å². The third-order valence-electron chi connectivity index (χ3n) is 3.96. The average Bonchev–Trinajstić information content (AvgIpc) is 3.29. The van der Waals surface area contributed by atoms with Crippen LogP contribution < -0.4 is 0 Å². The summed E-state index contributed by atoms with van der Waals surface area (Å²) in [5, 5.41) is 6.82. The van der Waals surface area contributed by atoms with E-state index in [0.717, 1.165) is 33.2 Å². The van der Waals surface area contributed by atoms with Crippen LogP contribution in [0.2, 0.25) is 0 Å². The number of hydrogen-bond acceptors (Lipinski definition) is 3. The van der Waals surface area contributed by atoms with Crippen molar-refractivity contribution >= 4 is 23.4 Å². The fourth-order valence-corrected chi connectivity index (χ4v) is 3.40. The Labute approximate surface area is 150 Å². The first kappa shape index (κ1) is 15.5. The summed E-state index contributed by atoms with van der Waals surface area (Å²) in [6.45, 7) is 2.03. The summed E-state index contributed by atoms with van der Waals surface area (Å²) in [4.78, 5) is 5.93. The highest BCUT2D eigenvalue weighted by Gasteiger charge is 2.17. The highest BCUT2D eigenvalue weighted by atomic mass is 32.1. The molecule has 0 unspecified atom stereocenters. The molecule has 2 heterocycles. The number of aryl methyl sites for hydroxylation is 1. The summed E-state index contributed by atoms with van der Waals surface area (Å²) in [7, 11) is 0. The Balaban J connectivity index is 1.91. The molecule has 0 atom stereocenters. The lowest BCUT2D eigenvalue weighted by atomic mass is 10.1. The number of para-hydroxylation sites is 1. The van der Waals surface area contributed by atoms with E-state index < -0.39 is 0 Å². The third-order valence-corrected chi connectivity index (χ3v) is 4.76. The third kappa shape index (κ3) is 3.16. The van der Waals surface area contributed by atoms with Crippen LogP contribution in [0.15, 0.2) is 83.2 Å². The van der Waals surface area contributed by atoms with Crippen LogP contribution in [0.5, 0.6) is 0 Å². The maximum absolute atomic E-state index is 4.81.